The van der Waals surface area contributed by atoms with Gasteiger partial charge in [0.2, 0.25) is 34.8 Å². The fourth-order valence-electron chi connectivity index (χ4n) is 1.61. The molecule has 0 saturated heterocycles. The molecule has 0 spiro atoms. The molecule has 0 saturated carbocycles. The minimum Gasteiger partial charge on any atom is -0.468 e. The molecule has 0 fully saturated rings. The van der Waals surface area contributed by atoms with Crippen LogP contribution in [0, 0.1) is 29.1 Å². The van der Waals surface area contributed by atoms with Gasteiger partial charge in [0.1, 0.15) is 12.3 Å². The van der Waals surface area contributed by atoms with Crippen LogP contribution in [0.5, 0.6) is 11.5 Å². The van der Waals surface area contributed by atoms with Crippen molar-refractivity contribution in [1.29, 1.82) is 0 Å². The summed E-state index contributed by atoms with van der Waals surface area (Å²) in [6.45, 7) is -0.496. The lowest BCUT2D eigenvalue weighted by atomic mass is 10.3. The van der Waals surface area contributed by atoms with Crippen LogP contribution in [0.1, 0.15) is 0 Å². The quantitative estimate of drug-likeness (QED) is 0.254. The van der Waals surface area contributed by atoms with Gasteiger partial charge in [-0.1, -0.05) is 18.2 Å². The van der Waals surface area contributed by atoms with Gasteiger partial charge in [-0.15, -0.1) is 0 Å². The van der Waals surface area contributed by atoms with Crippen molar-refractivity contribution in [2.75, 3.05) is 13.7 Å². The van der Waals surface area contributed by atoms with Crippen LogP contribution in [0.4, 0.5) is 22.0 Å². The summed E-state index contributed by atoms with van der Waals surface area (Å²) in [4.78, 5) is 11.2. The van der Waals surface area contributed by atoms with Crippen molar-refractivity contribution >= 4 is 14.5 Å². The Labute approximate surface area is 145 Å². The second kappa shape index (κ2) is 8.77. The summed E-state index contributed by atoms with van der Waals surface area (Å²) < 4.78 is 81.7. The van der Waals surface area contributed by atoms with Gasteiger partial charge in [-0.2, -0.15) is 8.78 Å². The minimum absolute atomic E-state index is 0.167. The zero-order valence-corrected chi connectivity index (χ0v) is 14.0. The molecule has 2 rings (SSSR count). The van der Waals surface area contributed by atoms with Crippen LogP contribution >= 0.6 is 8.53 Å². The van der Waals surface area contributed by atoms with Gasteiger partial charge in [0.05, 0.1) is 7.11 Å². The summed E-state index contributed by atoms with van der Waals surface area (Å²) in [7, 11) is -1.41. The van der Waals surface area contributed by atoms with Gasteiger partial charge in [-0.3, -0.25) is 4.79 Å². The summed E-state index contributed by atoms with van der Waals surface area (Å²) in [5.74, 6) is -13.1. The first-order chi connectivity index (χ1) is 12.3. The SMILES string of the molecule is COC(=O)CNP(Oc1ccccc1)Oc1c(F)c(F)c(F)c(F)c1F. The first-order valence-corrected chi connectivity index (χ1v) is 8.05. The molecule has 5 nitrogen and oxygen atoms in total. The van der Waals surface area contributed by atoms with E-state index in [1.54, 1.807) is 18.2 Å². The Balaban J connectivity index is 2.30. The molecule has 1 unspecified atom stereocenters. The molecule has 0 heterocycles. The summed E-state index contributed by atoms with van der Waals surface area (Å²) in [6, 6.07) is 7.71. The van der Waals surface area contributed by atoms with Crippen molar-refractivity contribution in [1.82, 2.24) is 5.09 Å². The Morgan fingerprint density at radius 2 is 1.46 bits per heavy atom. The number of esters is 1. The average Bonchev–Trinajstić information content (AvgIpc) is 2.66. The minimum atomic E-state index is -2.50. The van der Waals surface area contributed by atoms with Gasteiger partial charge >= 0.3 is 14.5 Å². The van der Waals surface area contributed by atoms with Crippen LogP contribution in [0.25, 0.3) is 0 Å². The molecule has 0 aromatic heterocycles. The van der Waals surface area contributed by atoms with Crippen LogP contribution in [0.15, 0.2) is 30.3 Å². The lowest BCUT2D eigenvalue weighted by molar-refractivity contribution is -0.139. The molecule has 140 valence electrons. The van der Waals surface area contributed by atoms with Gasteiger partial charge < -0.3 is 13.8 Å². The van der Waals surface area contributed by atoms with E-state index in [0.29, 0.717) is 0 Å². The van der Waals surface area contributed by atoms with E-state index in [1.807, 2.05) is 0 Å². The van der Waals surface area contributed by atoms with Crippen molar-refractivity contribution in [2.24, 2.45) is 0 Å². The first-order valence-electron chi connectivity index (χ1n) is 6.88. The third-order valence-electron chi connectivity index (χ3n) is 2.86. The zero-order valence-electron chi connectivity index (χ0n) is 13.1. The van der Waals surface area contributed by atoms with Gasteiger partial charge in [0.15, 0.2) is 0 Å². The molecule has 1 atom stereocenters. The number of carbonyl (C=O) groups excluding carboxylic acids is 1. The van der Waals surface area contributed by atoms with Crippen LogP contribution in [-0.2, 0) is 9.53 Å². The van der Waals surface area contributed by atoms with E-state index < -0.39 is 55.9 Å². The standard InChI is InChI=1S/C15H11F5NO4P/c1-23-9(22)7-21-26(24-8-5-3-2-4-6-8)25-15-13(19)11(17)10(16)12(18)14(15)20/h2-6,21H,7H2,1H3. The Kier molecular flexibility index (Phi) is 6.70. The zero-order chi connectivity index (χ0) is 19.3. The molecule has 26 heavy (non-hydrogen) atoms. The number of halogens is 5. The first kappa shape index (κ1) is 19.9. The number of para-hydroxylation sites is 1. The van der Waals surface area contributed by atoms with E-state index in [0.717, 1.165) is 7.11 Å². The molecule has 2 aromatic rings. The maximum absolute atomic E-state index is 13.8. The lowest BCUT2D eigenvalue weighted by Crippen LogP contribution is -2.23. The third-order valence-corrected chi connectivity index (χ3v) is 4.00. The Morgan fingerprint density at radius 3 is 2.00 bits per heavy atom. The van der Waals surface area contributed by atoms with E-state index in [4.69, 9.17) is 9.05 Å². The summed E-state index contributed by atoms with van der Waals surface area (Å²) in [6.07, 6.45) is 0. The van der Waals surface area contributed by atoms with Gasteiger partial charge in [0.25, 0.3) is 0 Å². The highest BCUT2D eigenvalue weighted by molar-refractivity contribution is 7.45. The van der Waals surface area contributed by atoms with Crippen molar-refractivity contribution in [3.05, 3.63) is 59.4 Å². The topological polar surface area (TPSA) is 56.8 Å². The van der Waals surface area contributed by atoms with E-state index in [1.165, 1.54) is 12.1 Å². The number of methoxy groups -OCH3 is 1. The van der Waals surface area contributed by atoms with E-state index in [9.17, 15) is 26.7 Å². The summed E-state index contributed by atoms with van der Waals surface area (Å²) >= 11 is 0. The average molecular weight is 395 g/mol. The van der Waals surface area contributed by atoms with Crippen molar-refractivity contribution in [2.45, 2.75) is 0 Å². The molecule has 0 aliphatic carbocycles. The largest absolute Gasteiger partial charge is 0.468 e. The molecule has 0 aliphatic rings. The predicted molar refractivity (Wildman–Crippen MR) is 80.9 cm³/mol. The molecule has 0 bridgehead atoms. The number of carbonyl (C=O) groups is 1. The number of nitrogens with one attached hydrogen (secondary N) is 1. The van der Waals surface area contributed by atoms with Gasteiger partial charge in [-0.25, -0.2) is 18.3 Å². The Hall–Kier alpha value is -2.45. The smallest absolute Gasteiger partial charge is 0.382 e. The predicted octanol–water partition coefficient (Wildman–Crippen LogP) is 3.83. The number of benzene rings is 2. The summed E-state index contributed by atoms with van der Waals surface area (Å²) in [5, 5.41) is 2.35. The van der Waals surface area contributed by atoms with Gasteiger partial charge in [-0.05, 0) is 12.1 Å². The number of ether oxygens (including phenoxy) is 1. The maximum atomic E-state index is 13.8. The van der Waals surface area contributed by atoms with Crippen LogP contribution in [-0.4, -0.2) is 19.6 Å². The van der Waals surface area contributed by atoms with Crippen LogP contribution in [0.2, 0.25) is 0 Å². The highest BCUT2D eigenvalue weighted by Crippen LogP contribution is 2.40. The van der Waals surface area contributed by atoms with E-state index in [-0.39, 0.29) is 5.75 Å². The van der Waals surface area contributed by atoms with Gasteiger partial charge in [0, 0.05) is 0 Å². The second-order valence-corrected chi connectivity index (χ2v) is 5.76. The molecular weight excluding hydrogens is 384 g/mol. The third kappa shape index (κ3) is 4.59. The highest BCUT2D eigenvalue weighted by atomic mass is 31.2. The highest BCUT2D eigenvalue weighted by Gasteiger charge is 2.30. The molecule has 0 aliphatic heterocycles. The Bertz CT molecular complexity index is 764. The normalized spacial score (nSPS) is 11.8. The van der Waals surface area contributed by atoms with Crippen LogP contribution < -0.4 is 14.1 Å². The summed E-state index contributed by atoms with van der Waals surface area (Å²) in [5.41, 5.74) is 0. The fraction of sp³-hybridized carbons (Fsp3) is 0.133. The maximum Gasteiger partial charge on any atom is 0.382 e. The fourth-order valence-corrected chi connectivity index (χ4v) is 2.67. The van der Waals surface area contributed by atoms with E-state index >= 15 is 0 Å². The molecular formula is C15H11F5NO4P. The lowest BCUT2D eigenvalue weighted by Gasteiger charge is -2.19. The van der Waals surface area contributed by atoms with Crippen molar-refractivity contribution in [3.63, 3.8) is 0 Å². The molecule has 0 amide bonds. The number of hydrogen-bond acceptors (Lipinski definition) is 5. The Morgan fingerprint density at radius 1 is 0.923 bits per heavy atom. The van der Waals surface area contributed by atoms with E-state index in [2.05, 4.69) is 9.82 Å². The van der Waals surface area contributed by atoms with Crippen LogP contribution in [0.3, 0.4) is 0 Å². The van der Waals surface area contributed by atoms with Crippen molar-refractivity contribution < 1.29 is 40.5 Å². The molecule has 11 heteroatoms. The van der Waals surface area contributed by atoms with Crippen molar-refractivity contribution in [3.8, 4) is 11.5 Å². The number of hydrogen-bond donors (Lipinski definition) is 1. The second-order valence-electron chi connectivity index (χ2n) is 4.56. The monoisotopic (exact) mass is 395 g/mol. The number of rotatable bonds is 7. The molecule has 2 aromatic carbocycles. The molecule has 0 radical (unpaired) electrons. The molecule has 1 N–H and O–H groups in total.